The molecular weight excluding hydrogens is 298 g/mol. The molecule has 0 saturated carbocycles. The van der Waals surface area contributed by atoms with E-state index in [1.165, 1.54) is 11.3 Å². The van der Waals surface area contributed by atoms with Gasteiger partial charge in [0.15, 0.2) is 0 Å². The molecule has 1 aliphatic heterocycles. The van der Waals surface area contributed by atoms with Gasteiger partial charge in [-0.05, 0) is 49.6 Å². The molecule has 1 aliphatic rings. The van der Waals surface area contributed by atoms with Crippen LogP contribution in [0.5, 0.6) is 0 Å². The molecule has 1 saturated heterocycles. The van der Waals surface area contributed by atoms with Gasteiger partial charge >= 0.3 is 6.03 Å². The van der Waals surface area contributed by atoms with E-state index in [1.54, 1.807) is 0 Å². The van der Waals surface area contributed by atoms with Crippen LogP contribution in [-0.4, -0.2) is 37.1 Å². The van der Waals surface area contributed by atoms with Gasteiger partial charge in [-0.2, -0.15) is 0 Å². The Hall–Kier alpha value is -2.49. The summed E-state index contributed by atoms with van der Waals surface area (Å²) in [5.74, 6) is 0. The molecule has 3 rings (SSSR count). The molecule has 126 valence electrons. The summed E-state index contributed by atoms with van der Waals surface area (Å²) in [5.41, 5.74) is 5.64. The zero-order valence-corrected chi connectivity index (χ0v) is 14.7. The molecule has 2 aromatic rings. The van der Waals surface area contributed by atoms with Crippen LogP contribution >= 0.6 is 0 Å². The summed E-state index contributed by atoms with van der Waals surface area (Å²) in [6.07, 6.45) is 0. The van der Waals surface area contributed by atoms with Crippen LogP contribution in [0.4, 0.5) is 16.2 Å². The average Bonchev–Trinajstić information content (AvgIpc) is 2.58. The Morgan fingerprint density at radius 1 is 0.917 bits per heavy atom. The molecule has 0 spiro atoms. The highest BCUT2D eigenvalue weighted by Crippen LogP contribution is 2.21. The highest BCUT2D eigenvalue weighted by molar-refractivity contribution is 5.91. The van der Waals surface area contributed by atoms with E-state index in [-0.39, 0.29) is 6.03 Å². The second-order valence-electron chi connectivity index (χ2n) is 6.51. The zero-order valence-electron chi connectivity index (χ0n) is 14.7. The van der Waals surface area contributed by atoms with Crippen molar-refractivity contribution in [2.45, 2.75) is 20.8 Å². The second kappa shape index (κ2) is 6.95. The van der Waals surface area contributed by atoms with Crippen LogP contribution in [0.2, 0.25) is 0 Å². The number of anilines is 2. The number of carbonyl (C=O) groups excluding carboxylic acids is 1. The maximum absolute atomic E-state index is 12.6. The Kier molecular flexibility index (Phi) is 4.74. The van der Waals surface area contributed by atoms with E-state index in [2.05, 4.69) is 41.4 Å². The van der Waals surface area contributed by atoms with Gasteiger partial charge in [-0.1, -0.05) is 30.3 Å². The summed E-state index contributed by atoms with van der Waals surface area (Å²) in [5, 5.41) is 3.08. The lowest BCUT2D eigenvalue weighted by Crippen LogP contribution is -2.50. The number of hydrogen-bond donors (Lipinski definition) is 1. The lowest BCUT2D eigenvalue weighted by atomic mass is 10.1. The molecule has 0 unspecified atom stereocenters. The molecule has 4 nitrogen and oxygen atoms in total. The number of rotatable bonds is 2. The number of hydrogen-bond acceptors (Lipinski definition) is 2. The first kappa shape index (κ1) is 16.4. The monoisotopic (exact) mass is 323 g/mol. The van der Waals surface area contributed by atoms with Crippen LogP contribution < -0.4 is 10.2 Å². The van der Waals surface area contributed by atoms with Crippen molar-refractivity contribution in [1.82, 2.24) is 4.90 Å². The predicted molar refractivity (Wildman–Crippen MR) is 99.9 cm³/mol. The third kappa shape index (κ3) is 3.53. The van der Waals surface area contributed by atoms with Crippen molar-refractivity contribution in [2.24, 2.45) is 0 Å². The number of nitrogens with zero attached hydrogens (tertiary/aromatic N) is 2. The summed E-state index contributed by atoms with van der Waals surface area (Å²) in [6, 6.07) is 14.6. The summed E-state index contributed by atoms with van der Waals surface area (Å²) in [7, 11) is 0. The maximum Gasteiger partial charge on any atom is 0.321 e. The van der Waals surface area contributed by atoms with Gasteiger partial charge in [0, 0.05) is 37.6 Å². The summed E-state index contributed by atoms with van der Waals surface area (Å²) >= 11 is 0. The van der Waals surface area contributed by atoms with Crippen molar-refractivity contribution < 1.29 is 4.79 Å². The fourth-order valence-corrected chi connectivity index (χ4v) is 3.19. The minimum atomic E-state index is -0.00343. The van der Waals surface area contributed by atoms with Gasteiger partial charge in [0.05, 0.1) is 0 Å². The summed E-state index contributed by atoms with van der Waals surface area (Å²) in [6.45, 7) is 9.37. The van der Waals surface area contributed by atoms with Crippen LogP contribution in [0.1, 0.15) is 16.7 Å². The van der Waals surface area contributed by atoms with E-state index in [4.69, 9.17) is 0 Å². The van der Waals surface area contributed by atoms with Gasteiger partial charge in [-0.15, -0.1) is 0 Å². The molecular formula is C20H25N3O. The fourth-order valence-electron chi connectivity index (χ4n) is 3.19. The maximum atomic E-state index is 12.6. The number of amides is 2. The third-order valence-corrected chi connectivity index (χ3v) is 4.65. The Bertz CT molecular complexity index is 713. The lowest BCUT2D eigenvalue weighted by molar-refractivity contribution is 0.208. The molecule has 24 heavy (non-hydrogen) atoms. The Morgan fingerprint density at radius 2 is 1.54 bits per heavy atom. The normalized spacial score (nSPS) is 14.6. The molecule has 0 atom stereocenters. The zero-order chi connectivity index (χ0) is 17.1. The number of benzene rings is 2. The van der Waals surface area contributed by atoms with Crippen LogP contribution in [-0.2, 0) is 0 Å². The smallest absolute Gasteiger partial charge is 0.321 e. The van der Waals surface area contributed by atoms with Gasteiger partial charge in [-0.3, -0.25) is 0 Å². The van der Waals surface area contributed by atoms with E-state index in [0.717, 1.165) is 43.0 Å². The van der Waals surface area contributed by atoms with Crippen molar-refractivity contribution >= 4 is 17.4 Å². The van der Waals surface area contributed by atoms with Gasteiger partial charge in [-0.25, -0.2) is 4.79 Å². The molecule has 2 amide bonds. The molecule has 2 aromatic carbocycles. The molecule has 0 radical (unpaired) electrons. The number of para-hydroxylation sites is 1. The van der Waals surface area contributed by atoms with Gasteiger partial charge < -0.3 is 15.1 Å². The van der Waals surface area contributed by atoms with Gasteiger partial charge in [0.2, 0.25) is 0 Å². The van der Waals surface area contributed by atoms with Crippen molar-refractivity contribution in [3.63, 3.8) is 0 Å². The highest BCUT2D eigenvalue weighted by atomic mass is 16.2. The molecule has 1 fully saturated rings. The predicted octanol–water partition coefficient (Wildman–Crippen LogP) is 3.97. The first-order valence-electron chi connectivity index (χ1n) is 8.48. The number of aryl methyl sites for hydroxylation is 3. The molecule has 4 heteroatoms. The minimum Gasteiger partial charge on any atom is -0.368 e. The molecule has 0 aliphatic carbocycles. The first-order valence-corrected chi connectivity index (χ1v) is 8.48. The lowest BCUT2D eigenvalue weighted by Gasteiger charge is -2.36. The van der Waals surface area contributed by atoms with E-state index in [1.807, 2.05) is 36.9 Å². The Labute approximate surface area is 144 Å². The second-order valence-corrected chi connectivity index (χ2v) is 6.51. The number of piperazine rings is 1. The van der Waals surface area contributed by atoms with Crippen molar-refractivity contribution in [3.05, 3.63) is 59.2 Å². The van der Waals surface area contributed by atoms with E-state index in [9.17, 15) is 4.79 Å². The quantitative estimate of drug-likeness (QED) is 0.908. The molecule has 0 aromatic heterocycles. The Balaban J connectivity index is 1.61. The largest absolute Gasteiger partial charge is 0.368 e. The number of carbonyl (C=O) groups is 1. The Morgan fingerprint density at radius 3 is 2.17 bits per heavy atom. The summed E-state index contributed by atoms with van der Waals surface area (Å²) < 4.78 is 0. The minimum absolute atomic E-state index is 0.00343. The van der Waals surface area contributed by atoms with E-state index in [0.29, 0.717) is 0 Å². The van der Waals surface area contributed by atoms with Gasteiger partial charge in [0.1, 0.15) is 0 Å². The average molecular weight is 323 g/mol. The van der Waals surface area contributed by atoms with Crippen molar-refractivity contribution in [2.75, 3.05) is 36.4 Å². The fraction of sp³-hybridized carbons (Fsp3) is 0.350. The first-order chi connectivity index (χ1) is 11.5. The van der Waals surface area contributed by atoms with E-state index >= 15 is 0 Å². The van der Waals surface area contributed by atoms with Crippen LogP contribution in [0.3, 0.4) is 0 Å². The SMILES string of the molecule is Cc1cccc(N2CCN(C(=O)Nc3c(C)cccc3C)CC2)c1. The number of nitrogens with one attached hydrogen (secondary N) is 1. The van der Waals surface area contributed by atoms with Crippen LogP contribution in [0.15, 0.2) is 42.5 Å². The highest BCUT2D eigenvalue weighted by Gasteiger charge is 2.22. The van der Waals surface area contributed by atoms with E-state index < -0.39 is 0 Å². The van der Waals surface area contributed by atoms with Crippen molar-refractivity contribution in [3.8, 4) is 0 Å². The molecule has 1 heterocycles. The van der Waals surface area contributed by atoms with Crippen LogP contribution in [0, 0.1) is 20.8 Å². The van der Waals surface area contributed by atoms with Gasteiger partial charge in [0.25, 0.3) is 0 Å². The molecule has 0 bridgehead atoms. The summed E-state index contributed by atoms with van der Waals surface area (Å²) in [4.78, 5) is 16.8. The number of urea groups is 1. The molecule has 1 N–H and O–H groups in total. The van der Waals surface area contributed by atoms with Crippen molar-refractivity contribution in [1.29, 1.82) is 0 Å². The topological polar surface area (TPSA) is 35.6 Å². The third-order valence-electron chi connectivity index (χ3n) is 4.65. The standard InChI is InChI=1S/C20H25N3O/c1-15-6-4-9-18(14-15)22-10-12-23(13-11-22)20(24)21-19-16(2)7-5-8-17(19)3/h4-9,14H,10-13H2,1-3H3,(H,21,24). The van der Waals surface area contributed by atoms with Crippen LogP contribution in [0.25, 0.3) is 0 Å².